The van der Waals surface area contributed by atoms with Gasteiger partial charge >= 0.3 is 0 Å². The first-order valence-corrected chi connectivity index (χ1v) is 10.2. The van der Waals surface area contributed by atoms with Crippen molar-refractivity contribution in [1.29, 1.82) is 0 Å². The molecule has 0 aliphatic carbocycles. The maximum Gasteiger partial charge on any atom is 0.253 e. The quantitative estimate of drug-likeness (QED) is 0.814. The highest BCUT2D eigenvalue weighted by atomic mass is 32.1. The summed E-state index contributed by atoms with van der Waals surface area (Å²) in [5, 5.41) is 2.09. The minimum absolute atomic E-state index is 0.0285. The molecular weight excluding hydrogens is 358 g/mol. The van der Waals surface area contributed by atoms with E-state index in [-0.39, 0.29) is 17.7 Å². The summed E-state index contributed by atoms with van der Waals surface area (Å²) >= 11 is 1.75. The van der Waals surface area contributed by atoms with E-state index in [1.54, 1.807) is 16.2 Å². The first kappa shape index (κ1) is 18.2. The van der Waals surface area contributed by atoms with Crippen LogP contribution in [0, 0.1) is 11.3 Å². The Morgan fingerprint density at radius 3 is 2.56 bits per heavy atom. The van der Waals surface area contributed by atoms with Crippen molar-refractivity contribution in [1.82, 2.24) is 14.7 Å². The van der Waals surface area contributed by atoms with Crippen LogP contribution in [0.25, 0.3) is 0 Å². The summed E-state index contributed by atoms with van der Waals surface area (Å²) in [7, 11) is 3.63. The molecule has 0 saturated carbocycles. The zero-order chi connectivity index (χ0) is 19.0. The van der Waals surface area contributed by atoms with Gasteiger partial charge in [0.1, 0.15) is 0 Å². The monoisotopic (exact) mass is 383 g/mol. The van der Waals surface area contributed by atoms with Crippen molar-refractivity contribution in [2.75, 3.05) is 40.3 Å². The highest BCUT2D eigenvalue weighted by molar-refractivity contribution is 7.09. The normalized spacial score (nSPS) is 24.8. The highest BCUT2D eigenvalue weighted by Crippen LogP contribution is 2.44. The van der Waals surface area contributed by atoms with Gasteiger partial charge in [0, 0.05) is 63.2 Å². The zero-order valence-corrected chi connectivity index (χ0v) is 16.6. The van der Waals surface area contributed by atoms with E-state index in [0.29, 0.717) is 25.2 Å². The molecule has 2 atom stereocenters. The first-order valence-electron chi connectivity index (χ1n) is 9.30. The van der Waals surface area contributed by atoms with E-state index in [0.717, 1.165) is 13.1 Å². The molecule has 0 spiro atoms. The van der Waals surface area contributed by atoms with Crippen LogP contribution in [-0.2, 0) is 11.3 Å². The molecule has 2 aromatic rings. The molecule has 2 amide bonds. The fourth-order valence-corrected chi connectivity index (χ4v) is 5.32. The Labute approximate surface area is 164 Å². The number of hydrogen-bond acceptors (Lipinski definition) is 4. The number of hydrogen-bond donors (Lipinski definition) is 0. The molecule has 1 aromatic carbocycles. The summed E-state index contributed by atoms with van der Waals surface area (Å²) in [6.45, 7) is 3.60. The third-order valence-electron chi connectivity index (χ3n) is 5.78. The summed E-state index contributed by atoms with van der Waals surface area (Å²) in [6.07, 6.45) is 0. The average molecular weight is 384 g/mol. The number of likely N-dealkylation sites (tertiary alicyclic amines) is 2. The van der Waals surface area contributed by atoms with Gasteiger partial charge in [-0.25, -0.2) is 0 Å². The van der Waals surface area contributed by atoms with Crippen LogP contribution in [0.2, 0.25) is 0 Å². The van der Waals surface area contributed by atoms with E-state index in [1.807, 2.05) is 49.3 Å². The van der Waals surface area contributed by atoms with Gasteiger partial charge in [-0.05, 0) is 23.6 Å². The number of carbonyl (C=O) groups is 2. The average Bonchev–Trinajstić information content (AvgIpc) is 3.36. The molecule has 2 fully saturated rings. The fraction of sp³-hybridized carbons (Fsp3) is 0.429. The van der Waals surface area contributed by atoms with Crippen LogP contribution in [0.15, 0.2) is 47.8 Å². The topological polar surface area (TPSA) is 43.9 Å². The number of nitrogens with zero attached hydrogens (tertiary/aromatic N) is 3. The molecule has 6 heteroatoms. The molecule has 142 valence electrons. The number of amides is 2. The second-order valence-corrected chi connectivity index (χ2v) is 8.89. The standard InChI is InChI=1S/C21H25N3O2S/c1-22(2)20(26)21-14-23(13-18-9-6-10-27-18)11-17(21)12-24(15-21)19(25)16-7-4-3-5-8-16/h3-10,17H,11-15H2,1-2H3/t17-,21-/m1/s1. The van der Waals surface area contributed by atoms with Gasteiger partial charge in [-0.1, -0.05) is 24.3 Å². The molecule has 2 aliphatic rings. The second kappa shape index (κ2) is 7.09. The number of thiophene rings is 1. The van der Waals surface area contributed by atoms with Gasteiger partial charge in [0.25, 0.3) is 5.91 Å². The SMILES string of the molecule is CN(C)C(=O)[C@@]12CN(Cc3cccs3)C[C@@H]1CN(C(=O)c1ccccc1)C2. The molecule has 0 radical (unpaired) electrons. The van der Waals surface area contributed by atoms with Crippen LogP contribution in [0.4, 0.5) is 0 Å². The van der Waals surface area contributed by atoms with E-state index in [4.69, 9.17) is 0 Å². The van der Waals surface area contributed by atoms with Crippen LogP contribution in [0.5, 0.6) is 0 Å². The van der Waals surface area contributed by atoms with Crippen molar-refractivity contribution >= 4 is 23.2 Å². The predicted octanol–water partition coefficient (Wildman–Crippen LogP) is 2.41. The first-order chi connectivity index (χ1) is 13.0. The van der Waals surface area contributed by atoms with Crippen molar-refractivity contribution in [3.05, 3.63) is 58.3 Å². The van der Waals surface area contributed by atoms with E-state index in [2.05, 4.69) is 22.4 Å². The molecule has 0 N–H and O–H groups in total. The third-order valence-corrected chi connectivity index (χ3v) is 6.64. The molecule has 0 bridgehead atoms. The van der Waals surface area contributed by atoms with Gasteiger partial charge in [-0.2, -0.15) is 0 Å². The largest absolute Gasteiger partial charge is 0.348 e. The number of fused-ring (bicyclic) bond motifs is 1. The number of carbonyl (C=O) groups excluding carboxylic acids is 2. The van der Waals surface area contributed by atoms with E-state index in [1.165, 1.54) is 4.88 Å². The Kier molecular flexibility index (Phi) is 4.78. The van der Waals surface area contributed by atoms with Crippen LogP contribution >= 0.6 is 11.3 Å². The molecule has 2 saturated heterocycles. The maximum absolute atomic E-state index is 13.2. The lowest BCUT2D eigenvalue weighted by molar-refractivity contribution is -0.139. The predicted molar refractivity (Wildman–Crippen MR) is 107 cm³/mol. The Morgan fingerprint density at radius 2 is 1.89 bits per heavy atom. The molecule has 5 nitrogen and oxygen atoms in total. The highest BCUT2D eigenvalue weighted by Gasteiger charge is 2.58. The van der Waals surface area contributed by atoms with Crippen LogP contribution in [0.1, 0.15) is 15.2 Å². The minimum atomic E-state index is -0.495. The van der Waals surface area contributed by atoms with Gasteiger partial charge in [0.2, 0.25) is 5.91 Å². The number of rotatable bonds is 4. The Bertz CT molecular complexity index is 821. The third kappa shape index (κ3) is 3.28. The molecule has 3 heterocycles. The molecule has 2 aliphatic heterocycles. The minimum Gasteiger partial charge on any atom is -0.348 e. The van der Waals surface area contributed by atoms with Crippen LogP contribution in [-0.4, -0.2) is 66.8 Å². The summed E-state index contributed by atoms with van der Waals surface area (Å²) in [5.41, 5.74) is 0.200. The molecule has 4 rings (SSSR count). The van der Waals surface area contributed by atoms with Gasteiger partial charge < -0.3 is 9.80 Å². The van der Waals surface area contributed by atoms with Gasteiger partial charge in [0.15, 0.2) is 0 Å². The summed E-state index contributed by atoms with van der Waals surface area (Å²) in [5.74, 6) is 0.352. The van der Waals surface area contributed by atoms with Gasteiger partial charge in [-0.15, -0.1) is 11.3 Å². The maximum atomic E-state index is 13.2. The molecular formula is C21H25N3O2S. The van der Waals surface area contributed by atoms with Crippen LogP contribution < -0.4 is 0 Å². The van der Waals surface area contributed by atoms with Crippen molar-refractivity contribution in [2.45, 2.75) is 6.54 Å². The summed E-state index contributed by atoms with van der Waals surface area (Å²) in [4.78, 5) is 33.4. The molecule has 0 unspecified atom stereocenters. The van der Waals surface area contributed by atoms with Crippen molar-refractivity contribution in [3.8, 4) is 0 Å². The number of benzene rings is 1. The molecule has 27 heavy (non-hydrogen) atoms. The lowest BCUT2D eigenvalue weighted by atomic mass is 9.80. The summed E-state index contributed by atoms with van der Waals surface area (Å²) < 4.78 is 0. The van der Waals surface area contributed by atoms with Gasteiger partial charge in [0.05, 0.1) is 5.41 Å². The summed E-state index contributed by atoms with van der Waals surface area (Å²) in [6, 6.07) is 13.6. The Balaban J connectivity index is 1.56. The van der Waals surface area contributed by atoms with Crippen molar-refractivity contribution in [3.63, 3.8) is 0 Å². The van der Waals surface area contributed by atoms with E-state index < -0.39 is 5.41 Å². The van der Waals surface area contributed by atoms with E-state index in [9.17, 15) is 9.59 Å². The Morgan fingerprint density at radius 1 is 1.11 bits per heavy atom. The Hall–Kier alpha value is -2.18. The van der Waals surface area contributed by atoms with Crippen molar-refractivity contribution < 1.29 is 9.59 Å². The van der Waals surface area contributed by atoms with E-state index >= 15 is 0 Å². The smallest absolute Gasteiger partial charge is 0.253 e. The van der Waals surface area contributed by atoms with Crippen molar-refractivity contribution in [2.24, 2.45) is 11.3 Å². The fourth-order valence-electron chi connectivity index (χ4n) is 4.58. The zero-order valence-electron chi connectivity index (χ0n) is 15.8. The molecule has 1 aromatic heterocycles. The lowest BCUT2D eigenvalue weighted by Crippen LogP contribution is -2.47. The van der Waals surface area contributed by atoms with Crippen LogP contribution in [0.3, 0.4) is 0 Å². The van der Waals surface area contributed by atoms with Gasteiger partial charge in [-0.3, -0.25) is 14.5 Å². The lowest BCUT2D eigenvalue weighted by Gasteiger charge is -2.31. The second-order valence-electron chi connectivity index (χ2n) is 7.85.